The number of aromatic nitrogens is 2. The van der Waals surface area contributed by atoms with Gasteiger partial charge in [-0.2, -0.15) is 0 Å². The second-order valence-corrected chi connectivity index (χ2v) is 5.58. The maximum absolute atomic E-state index is 9.96. The van der Waals surface area contributed by atoms with Crippen LogP contribution in [0.3, 0.4) is 0 Å². The number of nitrogens with zero attached hydrogens (tertiary/aromatic N) is 3. The summed E-state index contributed by atoms with van der Waals surface area (Å²) in [5.41, 5.74) is 6.86. The van der Waals surface area contributed by atoms with E-state index >= 15 is 0 Å². The van der Waals surface area contributed by atoms with Crippen LogP contribution in [0.5, 0.6) is 0 Å². The SMILES string of the molecule is Cc1nc(N)c(C)c(N2CC3CCC(O)C3C2)n1. The topological polar surface area (TPSA) is 75.3 Å². The number of aliphatic hydroxyl groups excluding tert-OH is 1. The van der Waals surface area contributed by atoms with Crippen molar-refractivity contribution in [3.8, 4) is 0 Å². The molecule has 1 saturated carbocycles. The Labute approximate surface area is 107 Å². The van der Waals surface area contributed by atoms with E-state index in [4.69, 9.17) is 5.73 Å². The minimum atomic E-state index is -0.138. The number of fused-ring (bicyclic) bond motifs is 1. The molecule has 0 aromatic carbocycles. The molecule has 3 atom stereocenters. The Bertz CT molecular complexity index is 476. The molecule has 3 rings (SSSR count). The summed E-state index contributed by atoms with van der Waals surface area (Å²) in [4.78, 5) is 11.0. The third kappa shape index (κ3) is 1.73. The largest absolute Gasteiger partial charge is 0.393 e. The molecule has 0 radical (unpaired) electrons. The fourth-order valence-corrected chi connectivity index (χ4v) is 3.35. The van der Waals surface area contributed by atoms with Crippen LogP contribution in [0.1, 0.15) is 24.2 Å². The first-order valence-electron chi connectivity index (χ1n) is 6.60. The predicted molar refractivity (Wildman–Crippen MR) is 70.4 cm³/mol. The van der Waals surface area contributed by atoms with E-state index in [0.29, 0.717) is 23.5 Å². The molecule has 3 unspecified atom stereocenters. The molecule has 0 spiro atoms. The van der Waals surface area contributed by atoms with Gasteiger partial charge >= 0.3 is 0 Å². The first kappa shape index (κ1) is 11.7. The number of aliphatic hydroxyl groups is 1. The number of nitrogen functional groups attached to an aromatic ring is 1. The van der Waals surface area contributed by atoms with Crippen molar-refractivity contribution >= 4 is 11.6 Å². The van der Waals surface area contributed by atoms with Gasteiger partial charge in [0.15, 0.2) is 0 Å². The summed E-state index contributed by atoms with van der Waals surface area (Å²) >= 11 is 0. The van der Waals surface area contributed by atoms with Crippen LogP contribution in [0.15, 0.2) is 0 Å². The van der Waals surface area contributed by atoms with Gasteiger partial charge in [-0.05, 0) is 32.6 Å². The Hall–Kier alpha value is -1.36. The third-order valence-corrected chi connectivity index (χ3v) is 4.39. The van der Waals surface area contributed by atoms with Crippen molar-refractivity contribution in [1.29, 1.82) is 0 Å². The first-order chi connectivity index (χ1) is 8.56. The monoisotopic (exact) mass is 248 g/mol. The Balaban J connectivity index is 1.89. The zero-order valence-corrected chi connectivity index (χ0v) is 10.9. The Kier molecular flexibility index (Phi) is 2.66. The summed E-state index contributed by atoms with van der Waals surface area (Å²) in [6.45, 7) is 5.71. The van der Waals surface area contributed by atoms with Crippen molar-refractivity contribution in [2.24, 2.45) is 11.8 Å². The van der Waals surface area contributed by atoms with E-state index in [9.17, 15) is 5.11 Å². The fourth-order valence-electron chi connectivity index (χ4n) is 3.35. The van der Waals surface area contributed by atoms with Crippen LogP contribution in [0, 0.1) is 25.7 Å². The molecule has 1 aliphatic heterocycles. The summed E-state index contributed by atoms with van der Waals surface area (Å²) in [6, 6.07) is 0. The maximum Gasteiger partial charge on any atom is 0.137 e. The molecule has 3 N–H and O–H groups in total. The van der Waals surface area contributed by atoms with E-state index in [1.54, 1.807) is 0 Å². The Morgan fingerprint density at radius 1 is 1.22 bits per heavy atom. The molecule has 0 amide bonds. The first-order valence-corrected chi connectivity index (χ1v) is 6.60. The van der Waals surface area contributed by atoms with Gasteiger partial charge in [-0.1, -0.05) is 0 Å². The zero-order valence-electron chi connectivity index (χ0n) is 10.9. The molecular weight excluding hydrogens is 228 g/mol. The third-order valence-electron chi connectivity index (χ3n) is 4.39. The second kappa shape index (κ2) is 4.09. The van der Waals surface area contributed by atoms with Crippen molar-refractivity contribution in [3.63, 3.8) is 0 Å². The van der Waals surface area contributed by atoms with Crippen molar-refractivity contribution in [2.45, 2.75) is 32.8 Å². The molecule has 2 fully saturated rings. The quantitative estimate of drug-likeness (QED) is 0.771. The van der Waals surface area contributed by atoms with Gasteiger partial charge in [-0.15, -0.1) is 0 Å². The Morgan fingerprint density at radius 2 is 2.00 bits per heavy atom. The lowest BCUT2D eigenvalue weighted by Crippen LogP contribution is -2.26. The number of hydrogen-bond acceptors (Lipinski definition) is 5. The smallest absolute Gasteiger partial charge is 0.137 e. The van der Waals surface area contributed by atoms with E-state index < -0.39 is 0 Å². The number of anilines is 2. The number of hydrogen-bond donors (Lipinski definition) is 2. The van der Waals surface area contributed by atoms with Gasteiger partial charge in [0.1, 0.15) is 17.5 Å². The molecule has 1 aliphatic carbocycles. The van der Waals surface area contributed by atoms with Gasteiger partial charge in [0.25, 0.3) is 0 Å². The molecule has 1 saturated heterocycles. The van der Waals surface area contributed by atoms with Crippen molar-refractivity contribution < 1.29 is 5.11 Å². The lowest BCUT2D eigenvalue weighted by molar-refractivity contribution is 0.133. The van der Waals surface area contributed by atoms with Gasteiger partial charge in [0, 0.05) is 24.6 Å². The average Bonchev–Trinajstić information content (AvgIpc) is 2.86. The highest BCUT2D eigenvalue weighted by atomic mass is 16.3. The summed E-state index contributed by atoms with van der Waals surface area (Å²) in [7, 11) is 0. The van der Waals surface area contributed by atoms with Crippen LogP contribution in [-0.2, 0) is 0 Å². The molecule has 1 aromatic heterocycles. The zero-order chi connectivity index (χ0) is 12.9. The van der Waals surface area contributed by atoms with E-state index in [2.05, 4.69) is 14.9 Å². The molecule has 98 valence electrons. The van der Waals surface area contributed by atoms with E-state index in [0.717, 1.165) is 37.3 Å². The van der Waals surface area contributed by atoms with Gasteiger partial charge in [0.2, 0.25) is 0 Å². The summed E-state index contributed by atoms with van der Waals surface area (Å²) in [5, 5.41) is 9.96. The summed E-state index contributed by atoms with van der Waals surface area (Å²) in [6.07, 6.45) is 1.94. The van der Waals surface area contributed by atoms with E-state index in [1.807, 2.05) is 13.8 Å². The summed E-state index contributed by atoms with van der Waals surface area (Å²) < 4.78 is 0. The molecule has 2 heterocycles. The molecule has 5 heteroatoms. The standard InChI is InChI=1S/C13H20N4O/c1-7-12(14)15-8(2)16-13(7)17-5-9-3-4-11(18)10(9)6-17/h9-11,18H,3-6H2,1-2H3,(H2,14,15,16). The lowest BCUT2D eigenvalue weighted by Gasteiger charge is -2.22. The summed E-state index contributed by atoms with van der Waals surface area (Å²) in [5.74, 6) is 3.24. The molecule has 0 bridgehead atoms. The lowest BCUT2D eigenvalue weighted by atomic mass is 10.00. The van der Waals surface area contributed by atoms with Crippen LogP contribution >= 0.6 is 0 Å². The van der Waals surface area contributed by atoms with Crippen molar-refractivity contribution in [2.75, 3.05) is 23.7 Å². The van der Waals surface area contributed by atoms with Crippen molar-refractivity contribution in [3.05, 3.63) is 11.4 Å². The predicted octanol–water partition coefficient (Wildman–Crippen LogP) is 0.883. The number of rotatable bonds is 1. The van der Waals surface area contributed by atoms with Crippen LogP contribution in [0.25, 0.3) is 0 Å². The normalized spacial score (nSPS) is 30.8. The van der Waals surface area contributed by atoms with Gasteiger partial charge < -0.3 is 15.7 Å². The molecule has 18 heavy (non-hydrogen) atoms. The van der Waals surface area contributed by atoms with Crippen LogP contribution < -0.4 is 10.6 Å². The second-order valence-electron chi connectivity index (χ2n) is 5.58. The highest BCUT2D eigenvalue weighted by molar-refractivity contribution is 5.57. The minimum Gasteiger partial charge on any atom is -0.393 e. The van der Waals surface area contributed by atoms with Crippen LogP contribution in [0.4, 0.5) is 11.6 Å². The number of nitrogens with two attached hydrogens (primary N) is 1. The fraction of sp³-hybridized carbons (Fsp3) is 0.692. The van der Waals surface area contributed by atoms with Gasteiger partial charge in [-0.3, -0.25) is 0 Å². The number of aryl methyl sites for hydroxylation is 1. The van der Waals surface area contributed by atoms with Gasteiger partial charge in [0.05, 0.1) is 6.10 Å². The maximum atomic E-state index is 9.96. The van der Waals surface area contributed by atoms with Gasteiger partial charge in [-0.25, -0.2) is 9.97 Å². The average molecular weight is 248 g/mol. The molecule has 2 aliphatic rings. The van der Waals surface area contributed by atoms with E-state index in [-0.39, 0.29) is 6.10 Å². The van der Waals surface area contributed by atoms with E-state index in [1.165, 1.54) is 0 Å². The van der Waals surface area contributed by atoms with Crippen LogP contribution in [-0.4, -0.2) is 34.3 Å². The molecule has 5 nitrogen and oxygen atoms in total. The Morgan fingerprint density at radius 3 is 2.72 bits per heavy atom. The van der Waals surface area contributed by atoms with Crippen molar-refractivity contribution in [1.82, 2.24) is 9.97 Å². The highest BCUT2D eigenvalue weighted by Gasteiger charge is 2.42. The highest BCUT2D eigenvalue weighted by Crippen LogP contribution is 2.40. The minimum absolute atomic E-state index is 0.138. The molecular formula is C13H20N4O. The molecule has 1 aromatic rings. The van der Waals surface area contributed by atoms with Crippen LogP contribution in [0.2, 0.25) is 0 Å².